The third-order valence-corrected chi connectivity index (χ3v) is 11.6. The normalized spacial score (nSPS) is 19.3. The van der Waals surface area contributed by atoms with Crippen LogP contribution in [0.25, 0.3) is 22.1 Å². The molecule has 5 N–H and O–H groups in total. The van der Waals surface area contributed by atoms with Crippen LogP contribution >= 0.6 is 0 Å². The molecule has 312 valence electrons. The number of fused-ring (bicyclic) bond motifs is 4. The Morgan fingerprint density at radius 1 is 0.763 bits per heavy atom. The van der Waals surface area contributed by atoms with Crippen molar-refractivity contribution in [2.45, 2.75) is 90.1 Å². The van der Waals surface area contributed by atoms with E-state index < -0.39 is 23.2 Å². The van der Waals surface area contributed by atoms with E-state index in [4.69, 9.17) is 19.9 Å². The van der Waals surface area contributed by atoms with Gasteiger partial charge < -0.3 is 39.7 Å². The van der Waals surface area contributed by atoms with Crippen molar-refractivity contribution >= 4 is 45.5 Å². The molecule has 0 saturated heterocycles. The van der Waals surface area contributed by atoms with Gasteiger partial charge in [0.1, 0.15) is 47.1 Å². The number of hydrogen-bond donors (Lipinski definition) is 4. The molecule has 2 fully saturated rings. The summed E-state index contributed by atoms with van der Waals surface area (Å²) in [6.07, 6.45) is 8.11. The molecule has 10 rings (SSSR count). The number of halogens is 4. The molecule has 6 aromatic rings. The summed E-state index contributed by atoms with van der Waals surface area (Å²) in [5.41, 5.74) is 7.71. The first kappa shape index (κ1) is 39.9. The number of carboxylic acid groups (broad SMARTS) is 1. The van der Waals surface area contributed by atoms with E-state index in [2.05, 4.69) is 45.1 Å². The van der Waals surface area contributed by atoms with Crippen molar-refractivity contribution in [2.24, 2.45) is 16.6 Å². The van der Waals surface area contributed by atoms with Crippen LogP contribution in [0.15, 0.2) is 46.2 Å². The summed E-state index contributed by atoms with van der Waals surface area (Å²) in [6.45, 7) is 6.25. The molecule has 8 heterocycles. The molecule has 16 nitrogen and oxygen atoms in total. The van der Waals surface area contributed by atoms with Crippen molar-refractivity contribution in [3.05, 3.63) is 71.2 Å². The number of nitrogens with two attached hydrogens (primary N) is 1. The Morgan fingerprint density at radius 2 is 1.24 bits per heavy atom. The second-order valence-electron chi connectivity index (χ2n) is 16.6. The maximum Gasteiger partial charge on any atom is 0.358 e. The summed E-state index contributed by atoms with van der Waals surface area (Å²) < 4.78 is 61.3. The maximum absolute atomic E-state index is 13.2. The van der Waals surface area contributed by atoms with Gasteiger partial charge >= 0.3 is 5.97 Å². The number of nitrogens with zero attached hydrogens (tertiary/aromatic N) is 8. The number of aromatic amines is 2. The van der Waals surface area contributed by atoms with Gasteiger partial charge in [-0.25, -0.2) is 42.3 Å². The monoisotopic (exact) mass is 821 g/mol. The molecule has 0 bridgehead atoms. The molecular weight excluding hydrogens is 778 g/mol. The third kappa shape index (κ3) is 8.09. The molecule has 0 aromatic carbocycles. The van der Waals surface area contributed by atoms with E-state index in [0.717, 1.165) is 39.3 Å². The van der Waals surface area contributed by atoms with Gasteiger partial charge in [0.05, 0.1) is 23.9 Å². The number of aromatic nitrogens is 8. The van der Waals surface area contributed by atoms with E-state index in [-0.39, 0.29) is 49.0 Å². The fourth-order valence-corrected chi connectivity index (χ4v) is 8.64. The summed E-state index contributed by atoms with van der Waals surface area (Å²) in [6, 6.07) is 3.83. The van der Waals surface area contributed by atoms with Crippen LogP contribution in [0.4, 0.5) is 29.2 Å². The van der Waals surface area contributed by atoms with E-state index in [9.17, 15) is 27.2 Å². The van der Waals surface area contributed by atoms with E-state index >= 15 is 0 Å². The van der Waals surface area contributed by atoms with Crippen molar-refractivity contribution in [3.8, 4) is 0 Å². The smallest absolute Gasteiger partial charge is 0.358 e. The van der Waals surface area contributed by atoms with Gasteiger partial charge in [0.2, 0.25) is 11.8 Å². The highest BCUT2D eigenvalue weighted by Gasteiger charge is 2.53. The second kappa shape index (κ2) is 15.0. The number of hydrogen-bond acceptors (Lipinski definition) is 13. The molecule has 0 atom stereocenters. The lowest BCUT2D eigenvalue weighted by Crippen LogP contribution is -2.48. The number of carboxylic acids is 1. The molecular formula is C39H43F4N11O5. The standard InChI is InChI=1S/C20H21F2N5O2.C13H11N5O3.C6H11F2N/c1-19(9-20(21,22)10-19)5-2-14(28)16-13-8-27(7-4-15(13)29-26-16)18-12-3-6-23-17(12)24-11-25-18;19-13(20)10-8-5-18(4-2-9(8)21-17-10)12-7-1-3-14-11(7)15-6-16-12;1-5(4-9)2-6(7,8)3-5/h3,6,11H,2,4-5,7-10H2,1H3,(H,23,24,25);1,3,6H,2,4-5H2,(H,19,20)(H,14,15,16);2-4,9H2,1H3. The minimum absolute atomic E-state index is 0.0194. The van der Waals surface area contributed by atoms with Gasteiger partial charge in [-0.3, -0.25) is 4.79 Å². The number of alkyl halides is 4. The number of carbonyl (C=O) groups is 2. The molecule has 2 aliphatic heterocycles. The number of rotatable bonds is 8. The minimum atomic E-state index is -2.59. The van der Waals surface area contributed by atoms with E-state index in [1.165, 1.54) is 12.7 Å². The lowest BCUT2D eigenvalue weighted by atomic mass is 9.65. The highest BCUT2D eigenvalue weighted by molar-refractivity contribution is 5.96. The number of H-pyrrole nitrogens is 2. The second-order valence-corrected chi connectivity index (χ2v) is 16.6. The Bertz CT molecular complexity index is 2500. The number of aromatic carboxylic acids is 1. The van der Waals surface area contributed by atoms with Crippen molar-refractivity contribution in [1.82, 2.24) is 40.2 Å². The quantitative estimate of drug-likeness (QED) is 0.0952. The zero-order valence-electron chi connectivity index (χ0n) is 32.4. The van der Waals surface area contributed by atoms with Crippen LogP contribution in [-0.2, 0) is 25.9 Å². The third-order valence-electron chi connectivity index (χ3n) is 11.6. The molecule has 0 spiro atoms. The van der Waals surface area contributed by atoms with E-state index in [1.54, 1.807) is 13.1 Å². The van der Waals surface area contributed by atoms with Crippen LogP contribution in [0.5, 0.6) is 0 Å². The predicted molar refractivity (Wildman–Crippen MR) is 204 cm³/mol. The molecule has 59 heavy (non-hydrogen) atoms. The number of Topliss-reactive ketones (excluding diaryl/α,β-unsaturated/α-hetero) is 1. The Kier molecular flexibility index (Phi) is 10.2. The highest BCUT2D eigenvalue weighted by atomic mass is 19.3. The van der Waals surface area contributed by atoms with Gasteiger partial charge in [0, 0.05) is 81.6 Å². The van der Waals surface area contributed by atoms with Crippen molar-refractivity contribution < 1.29 is 41.3 Å². The SMILES string of the molecule is CC1(CCC(=O)c2noc3c2CN(c2ncnc4[nH]ccc24)CC3)CC(F)(F)C1.CC1(CN)CC(F)(F)C1.O=C(O)c1noc2c1CN(c1ncnc3[nH]ccc13)CC2. The van der Waals surface area contributed by atoms with Crippen molar-refractivity contribution in [1.29, 1.82) is 0 Å². The first-order valence-corrected chi connectivity index (χ1v) is 19.3. The van der Waals surface area contributed by atoms with E-state index in [1.807, 2.05) is 30.2 Å². The van der Waals surface area contributed by atoms with Gasteiger partial charge in [-0.05, 0) is 35.9 Å². The minimum Gasteiger partial charge on any atom is -0.476 e. The molecule has 20 heteroatoms. The van der Waals surface area contributed by atoms with Crippen LogP contribution < -0.4 is 15.5 Å². The zero-order valence-corrected chi connectivity index (χ0v) is 32.4. The molecule has 4 aliphatic rings. The largest absolute Gasteiger partial charge is 0.476 e. The summed E-state index contributed by atoms with van der Waals surface area (Å²) in [4.78, 5) is 51.3. The first-order valence-electron chi connectivity index (χ1n) is 19.3. The lowest BCUT2D eigenvalue weighted by Gasteiger charge is -2.44. The molecule has 6 aromatic heterocycles. The molecule has 2 saturated carbocycles. The fraction of sp³-hybridized carbons (Fsp3) is 0.487. The van der Waals surface area contributed by atoms with Gasteiger partial charge in [0.15, 0.2) is 17.2 Å². The fourth-order valence-electron chi connectivity index (χ4n) is 8.64. The zero-order chi connectivity index (χ0) is 41.7. The number of ketones is 1. The molecule has 0 unspecified atom stereocenters. The number of carbonyl (C=O) groups excluding carboxylic acids is 1. The summed E-state index contributed by atoms with van der Waals surface area (Å²) in [5.74, 6) is -3.30. The van der Waals surface area contributed by atoms with Crippen LogP contribution in [0, 0.1) is 10.8 Å². The maximum atomic E-state index is 13.2. The molecule has 0 radical (unpaired) electrons. The average Bonchev–Trinajstić information content (AvgIpc) is 4.01. The first-order chi connectivity index (χ1) is 28.0. The highest BCUT2D eigenvalue weighted by Crippen LogP contribution is 2.54. The predicted octanol–water partition coefficient (Wildman–Crippen LogP) is 6.49. The number of nitrogens with one attached hydrogen (secondary N) is 2. The Balaban J connectivity index is 0.000000140. The Labute approximate surface area is 333 Å². The van der Waals surface area contributed by atoms with Crippen LogP contribution in [0.1, 0.15) is 96.0 Å². The topological polar surface area (TPSA) is 222 Å². The van der Waals surface area contributed by atoms with Gasteiger partial charge in [-0.15, -0.1) is 0 Å². The lowest BCUT2D eigenvalue weighted by molar-refractivity contribution is -0.156. The van der Waals surface area contributed by atoms with Gasteiger partial charge in [-0.1, -0.05) is 24.2 Å². The Morgan fingerprint density at radius 3 is 1.69 bits per heavy atom. The molecule has 0 amide bonds. The number of anilines is 2. The van der Waals surface area contributed by atoms with Gasteiger partial charge in [0.25, 0.3) is 0 Å². The summed E-state index contributed by atoms with van der Waals surface area (Å²) in [5, 5.41) is 18.6. The van der Waals surface area contributed by atoms with Gasteiger partial charge in [-0.2, -0.15) is 0 Å². The van der Waals surface area contributed by atoms with Crippen molar-refractivity contribution in [3.63, 3.8) is 0 Å². The van der Waals surface area contributed by atoms with Crippen LogP contribution in [-0.4, -0.2) is 88.6 Å². The average molecular weight is 822 g/mol. The van der Waals surface area contributed by atoms with Crippen LogP contribution in [0.3, 0.4) is 0 Å². The summed E-state index contributed by atoms with van der Waals surface area (Å²) >= 11 is 0. The summed E-state index contributed by atoms with van der Waals surface area (Å²) in [7, 11) is 0. The van der Waals surface area contributed by atoms with E-state index in [0.29, 0.717) is 74.8 Å². The Hall–Kier alpha value is -5.92. The molecule has 2 aliphatic carbocycles. The van der Waals surface area contributed by atoms with Crippen molar-refractivity contribution in [2.75, 3.05) is 29.4 Å². The van der Waals surface area contributed by atoms with Crippen LogP contribution in [0.2, 0.25) is 0 Å².